The Bertz CT molecular complexity index is 692. The summed E-state index contributed by atoms with van der Waals surface area (Å²) in [4.78, 5) is 4.34. The van der Waals surface area contributed by atoms with Gasteiger partial charge in [0.2, 0.25) is 0 Å². The molecule has 0 saturated carbocycles. The van der Waals surface area contributed by atoms with E-state index in [9.17, 15) is 0 Å². The molecule has 3 rings (SSSR count). The van der Waals surface area contributed by atoms with Crippen LogP contribution in [-0.4, -0.2) is 21.7 Å². The fourth-order valence-electron chi connectivity index (χ4n) is 2.02. The molecule has 0 fully saturated rings. The lowest BCUT2D eigenvalue weighted by molar-refractivity contribution is 0.410. The number of para-hydroxylation sites is 1. The molecule has 2 heterocycles. The van der Waals surface area contributed by atoms with E-state index in [0.717, 1.165) is 22.6 Å². The molecule has 0 bridgehead atoms. The second-order valence-electron chi connectivity index (χ2n) is 4.10. The topological polar surface area (TPSA) is 51.5 Å². The fourth-order valence-corrected chi connectivity index (χ4v) is 2.02. The monoisotopic (exact) mass is 254 g/mol. The molecule has 2 aromatic heterocycles. The molecular weight excluding hydrogens is 240 g/mol. The summed E-state index contributed by atoms with van der Waals surface area (Å²) in [5, 5.41) is 7.49. The first-order chi connectivity index (χ1) is 9.38. The van der Waals surface area contributed by atoms with Crippen LogP contribution < -0.4 is 10.1 Å². The molecule has 0 aliphatic carbocycles. The van der Waals surface area contributed by atoms with E-state index in [1.165, 1.54) is 0 Å². The van der Waals surface area contributed by atoms with Crippen molar-refractivity contribution in [1.82, 2.24) is 14.6 Å². The number of hydrogen-bond donors (Lipinski definition) is 1. The smallest absolute Gasteiger partial charge is 0.152 e. The van der Waals surface area contributed by atoms with Crippen molar-refractivity contribution in [2.75, 3.05) is 12.4 Å². The number of fused-ring (bicyclic) bond motifs is 1. The Kier molecular flexibility index (Phi) is 3.02. The van der Waals surface area contributed by atoms with Crippen molar-refractivity contribution in [3.8, 4) is 5.75 Å². The summed E-state index contributed by atoms with van der Waals surface area (Å²) in [7, 11) is 1.68. The third-order valence-electron chi connectivity index (χ3n) is 2.96. The van der Waals surface area contributed by atoms with Crippen LogP contribution in [-0.2, 0) is 6.54 Å². The number of rotatable bonds is 4. The summed E-state index contributed by atoms with van der Waals surface area (Å²) in [5.41, 5.74) is 2.05. The predicted octanol–water partition coefficient (Wildman–Crippen LogP) is 2.35. The highest BCUT2D eigenvalue weighted by molar-refractivity contribution is 5.66. The Balaban J connectivity index is 1.84. The van der Waals surface area contributed by atoms with Gasteiger partial charge in [-0.1, -0.05) is 18.2 Å². The zero-order chi connectivity index (χ0) is 13.1. The van der Waals surface area contributed by atoms with Crippen molar-refractivity contribution in [3.05, 3.63) is 54.5 Å². The minimum Gasteiger partial charge on any atom is -0.496 e. The first kappa shape index (κ1) is 11.5. The molecule has 96 valence electrons. The summed E-state index contributed by atoms with van der Waals surface area (Å²) in [5.74, 6) is 1.68. The lowest BCUT2D eigenvalue weighted by atomic mass is 10.2. The highest BCUT2D eigenvalue weighted by Gasteiger charge is 2.05. The molecule has 0 aliphatic rings. The lowest BCUT2D eigenvalue weighted by Crippen LogP contribution is -2.04. The van der Waals surface area contributed by atoms with Gasteiger partial charge in [-0.2, -0.15) is 5.10 Å². The van der Waals surface area contributed by atoms with E-state index in [-0.39, 0.29) is 0 Å². The maximum absolute atomic E-state index is 5.33. The van der Waals surface area contributed by atoms with Gasteiger partial charge in [0.15, 0.2) is 5.82 Å². The van der Waals surface area contributed by atoms with Crippen molar-refractivity contribution in [1.29, 1.82) is 0 Å². The van der Waals surface area contributed by atoms with E-state index in [1.54, 1.807) is 24.0 Å². The number of anilines is 1. The Morgan fingerprint density at radius 3 is 3.00 bits per heavy atom. The van der Waals surface area contributed by atoms with Gasteiger partial charge in [0.25, 0.3) is 0 Å². The van der Waals surface area contributed by atoms with Crippen LogP contribution in [0.2, 0.25) is 0 Å². The predicted molar refractivity (Wildman–Crippen MR) is 73.3 cm³/mol. The molecule has 0 spiro atoms. The number of nitrogens with one attached hydrogen (secondary N) is 1. The summed E-state index contributed by atoms with van der Waals surface area (Å²) >= 11 is 0. The van der Waals surface area contributed by atoms with Gasteiger partial charge in [0.05, 0.1) is 13.3 Å². The Morgan fingerprint density at radius 1 is 1.21 bits per heavy atom. The first-order valence-corrected chi connectivity index (χ1v) is 6.02. The molecule has 0 atom stereocenters. The standard InChI is InChI=1S/C14H14N4O/c1-19-13-5-3-2-4-11(13)10-16-14-12-6-7-17-18(12)9-8-15-14/h2-9H,10H2,1H3,(H,15,16). The largest absolute Gasteiger partial charge is 0.496 e. The maximum atomic E-state index is 5.33. The molecule has 0 unspecified atom stereocenters. The van der Waals surface area contributed by atoms with E-state index < -0.39 is 0 Å². The van der Waals surface area contributed by atoms with Crippen LogP contribution in [0, 0.1) is 0 Å². The van der Waals surface area contributed by atoms with Crippen LogP contribution in [0.4, 0.5) is 5.82 Å². The molecule has 5 nitrogen and oxygen atoms in total. The van der Waals surface area contributed by atoms with Gasteiger partial charge in [-0.25, -0.2) is 9.50 Å². The molecule has 1 aromatic carbocycles. The van der Waals surface area contributed by atoms with Gasteiger partial charge in [0, 0.05) is 24.5 Å². The number of nitrogens with zero attached hydrogens (tertiary/aromatic N) is 3. The first-order valence-electron chi connectivity index (χ1n) is 6.02. The zero-order valence-corrected chi connectivity index (χ0v) is 10.6. The number of hydrogen-bond acceptors (Lipinski definition) is 4. The van der Waals surface area contributed by atoms with Crippen LogP contribution >= 0.6 is 0 Å². The Labute approximate surface area is 110 Å². The van der Waals surface area contributed by atoms with Gasteiger partial charge < -0.3 is 10.1 Å². The summed E-state index contributed by atoms with van der Waals surface area (Å²) < 4.78 is 7.12. The van der Waals surface area contributed by atoms with Crippen LogP contribution in [0.5, 0.6) is 5.75 Å². The summed E-state index contributed by atoms with van der Waals surface area (Å²) in [6.07, 6.45) is 5.31. The van der Waals surface area contributed by atoms with Crippen molar-refractivity contribution >= 4 is 11.3 Å². The molecule has 5 heteroatoms. The normalized spacial score (nSPS) is 10.6. The number of aromatic nitrogens is 3. The fraction of sp³-hybridized carbons (Fsp3) is 0.143. The number of benzene rings is 1. The van der Waals surface area contributed by atoms with Gasteiger partial charge in [-0.05, 0) is 12.1 Å². The summed E-state index contributed by atoms with van der Waals surface area (Å²) in [6.45, 7) is 0.655. The molecule has 0 radical (unpaired) electrons. The van der Waals surface area contributed by atoms with Gasteiger partial charge in [-0.15, -0.1) is 0 Å². The molecule has 0 saturated heterocycles. The van der Waals surface area contributed by atoms with Gasteiger partial charge in [0.1, 0.15) is 11.3 Å². The Hall–Kier alpha value is -2.56. The SMILES string of the molecule is COc1ccccc1CNc1nccn2nccc12. The third-order valence-corrected chi connectivity index (χ3v) is 2.96. The molecule has 3 aromatic rings. The van der Waals surface area contributed by atoms with E-state index in [1.807, 2.05) is 36.5 Å². The minimum atomic E-state index is 0.655. The maximum Gasteiger partial charge on any atom is 0.152 e. The van der Waals surface area contributed by atoms with Crippen molar-refractivity contribution in [3.63, 3.8) is 0 Å². The van der Waals surface area contributed by atoms with Crippen LogP contribution in [0.1, 0.15) is 5.56 Å². The second-order valence-corrected chi connectivity index (χ2v) is 4.10. The molecule has 0 amide bonds. The zero-order valence-electron chi connectivity index (χ0n) is 10.6. The molecule has 0 aliphatic heterocycles. The Morgan fingerprint density at radius 2 is 2.11 bits per heavy atom. The van der Waals surface area contributed by atoms with Crippen LogP contribution in [0.15, 0.2) is 48.9 Å². The highest BCUT2D eigenvalue weighted by atomic mass is 16.5. The van der Waals surface area contributed by atoms with E-state index in [4.69, 9.17) is 4.74 Å². The van der Waals surface area contributed by atoms with Crippen LogP contribution in [0.25, 0.3) is 5.52 Å². The lowest BCUT2D eigenvalue weighted by Gasteiger charge is -2.10. The molecule has 1 N–H and O–H groups in total. The van der Waals surface area contributed by atoms with E-state index >= 15 is 0 Å². The van der Waals surface area contributed by atoms with Crippen LogP contribution in [0.3, 0.4) is 0 Å². The second kappa shape index (κ2) is 4.97. The van der Waals surface area contributed by atoms with Gasteiger partial charge >= 0.3 is 0 Å². The summed E-state index contributed by atoms with van der Waals surface area (Å²) in [6, 6.07) is 9.86. The van der Waals surface area contributed by atoms with Gasteiger partial charge in [-0.3, -0.25) is 0 Å². The number of methoxy groups -OCH3 is 1. The molecular formula is C14H14N4O. The average Bonchev–Trinajstić information content (AvgIpc) is 2.94. The minimum absolute atomic E-state index is 0.655. The third kappa shape index (κ3) is 2.22. The highest BCUT2D eigenvalue weighted by Crippen LogP contribution is 2.19. The van der Waals surface area contributed by atoms with E-state index in [0.29, 0.717) is 6.54 Å². The van der Waals surface area contributed by atoms with Crippen molar-refractivity contribution in [2.45, 2.75) is 6.54 Å². The van der Waals surface area contributed by atoms with E-state index in [2.05, 4.69) is 15.4 Å². The molecule has 19 heavy (non-hydrogen) atoms. The quantitative estimate of drug-likeness (QED) is 0.776. The van der Waals surface area contributed by atoms with Crippen molar-refractivity contribution < 1.29 is 4.74 Å². The number of ether oxygens (including phenoxy) is 1. The average molecular weight is 254 g/mol. The van der Waals surface area contributed by atoms with Crippen molar-refractivity contribution in [2.24, 2.45) is 0 Å².